The van der Waals surface area contributed by atoms with Crippen LogP contribution >= 0.6 is 0 Å². The lowest BCUT2D eigenvalue weighted by Gasteiger charge is -2.40. The van der Waals surface area contributed by atoms with Crippen LogP contribution in [0.4, 0.5) is 10.6 Å². The first-order chi connectivity index (χ1) is 12.1. The Morgan fingerprint density at radius 3 is 2.46 bits per heavy atom. The van der Waals surface area contributed by atoms with E-state index in [4.69, 9.17) is 9.72 Å². The van der Waals surface area contributed by atoms with Gasteiger partial charge in [-0.15, -0.1) is 0 Å². The fourth-order valence-electron chi connectivity index (χ4n) is 3.76. The van der Waals surface area contributed by atoms with E-state index in [1.54, 1.807) is 0 Å². The fourth-order valence-corrected chi connectivity index (χ4v) is 3.76. The van der Waals surface area contributed by atoms with Crippen molar-refractivity contribution in [3.8, 4) is 0 Å². The SMILES string of the molecule is CC(C)N(c1ncccc1[C@@H]1CCCCN1C(=O)OC(C)(C)C)C(C)C. The van der Waals surface area contributed by atoms with E-state index in [-0.39, 0.29) is 12.1 Å². The van der Waals surface area contributed by atoms with Crippen molar-refractivity contribution in [1.29, 1.82) is 0 Å². The fraction of sp³-hybridized carbons (Fsp3) is 0.714. The summed E-state index contributed by atoms with van der Waals surface area (Å²) in [4.78, 5) is 21.8. The van der Waals surface area contributed by atoms with Gasteiger partial charge >= 0.3 is 6.09 Å². The number of anilines is 1. The Balaban J connectivity index is 2.40. The molecule has 1 aromatic rings. The number of piperidine rings is 1. The minimum atomic E-state index is -0.487. The van der Waals surface area contributed by atoms with Crippen molar-refractivity contribution >= 4 is 11.9 Å². The Kier molecular flexibility index (Phi) is 6.53. The molecule has 0 bridgehead atoms. The lowest BCUT2D eigenvalue weighted by molar-refractivity contribution is 0.00954. The minimum Gasteiger partial charge on any atom is -0.444 e. The zero-order valence-electron chi connectivity index (χ0n) is 17.5. The molecule has 0 unspecified atom stereocenters. The maximum atomic E-state index is 12.8. The van der Waals surface area contributed by atoms with Crippen molar-refractivity contribution in [1.82, 2.24) is 9.88 Å². The number of aromatic nitrogens is 1. The average Bonchev–Trinajstić information content (AvgIpc) is 2.53. The standard InChI is InChI=1S/C21H35N3O2/c1-15(2)24(16(3)4)19-17(11-10-13-22-19)18-12-8-9-14-23(18)20(25)26-21(5,6)7/h10-11,13,15-16,18H,8-9,12,14H2,1-7H3/t18-/m0/s1. The number of likely N-dealkylation sites (tertiary alicyclic amines) is 1. The molecule has 1 aliphatic rings. The summed E-state index contributed by atoms with van der Waals surface area (Å²) in [6.45, 7) is 15.2. The molecule has 1 aromatic heterocycles. The summed E-state index contributed by atoms with van der Waals surface area (Å²) >= 11 is 0. The highest BCUT2D eigenvalue weighted by Gasteiger charge is 2.34. The Hall–Kier alpha value is -1.78. The number of rotatable bonds is 4. The van der Waals surface area contributed by atoms with E-state index in [0.717, 1.165) is 37.2 Å². The van der Waals surface area contributed by atoms with Gasteiger partial charge in [-0.1, -0.05) is 6.07 Å². The monoisotopic (exact) mass is 361 g/mol. The maximum absolute atomic E-state index is 12.8. The normalized spacial score (nSPS) is 18.3. The maximum Gasteiger partial charge on any atom is 0.410 e. The summed E-state index contributed by atoms with van der Waals surface area (Å²) in [5.41, 5.74) is 0.638. The molecule has 5 nitrogen and oxygen atoms in total. The summed E-state index contributed by atoms with van der Waals surface area (Å²) in [6, 6.07) is 4.78. The van der Waals surface area contributed by atoms with E-state index in [9.17, 15) is 4.79 Å². The molecule has 1 atom stereocenters. The molecule has 0 spiro atoms. The highest BCUT2D eigenvalue weighted by Crippen LogP contribution is 2.37. The van der Waals surface area contributed by atoms with Crippen LogP contribution in [0, 0.1) is 0 Å². The Morgan fingerprint density at radius 1 is 1.23 bits per heavy atom. The second-order valence-electron chi connectivity index (χ2n) is 8.70. The predicted molar refractivity (Wildman–Crippen MR) is 107 cm³/mol. The number of carbonyl (C=O) groups is 1. The molecular weight excluding hydrogens is 326 g/mol. The Bertz CT molecular complexity index is 600. The van der Waals surface area contributed by atoms with Crippen LogP contribution in [-0.4, -0.2) is 40.2 Å². The number of hydrogen-bond acceptors (Lipinski definition) is 4. The van der Waals surface area contributed by atoms with E-state index in [2.05, 4.69) is 38.7 Å². The molecule has 146 valence electrons. The van der Waals surface area contributed by atoms with E-state index < -0.39 is 5.60 Å². The van der Waals surface area contributed by atoms with Crippen LogP contribution in [-0.2, 0) is 4.74 Å². The van der Waals surface area contributed by atoms with Crippen molar-refractivity contribution in [3.63, 3.8) is 0 Å². The first-order valence-electron chi connectivity index (χ1n) is 9.84. The molecule has 2 rings (SSSR count). The van der Waals surface area contributed by atoms with Crippen molar-refractivity contribution in [2.24, 2.45) is 0 Å². The molecule has 2 heterocycles. The van der Waals surface area contributed by atoms with Gasteiger partial charge in [0.2, 0.25) is 0 Å². The highest BCUT2D eigenvalue weighted by atomic mass is 16.6. The third kappa shape index (κ3) is 4.89. The van der Waals surface area contributed by atoms with Gasteiger partial charge in [0.05, 0.1) is 6.04 Å². The molecule has 0 N–H and O–H groups in total. The Labute approximate surface area is 158 Å². The van der Waals surface area contributed by atoms with Gasteiger partial charge in [-0.3, -0.25) is 0 Å². The highest BCUT2D eigenvalue weighted by molar-refractivity contribution is 5.69. The van der Waals surface area contributed by atoms with Gasteiger partial charge in [0.15, 0.2) is 0 Å². The van der Waals surface area contributed by atoms with E-state index >= 15 is 0 Å². The molecule has 0 aliphatic carbocycles. The first kappa shape index (κ1) is 20.5. The van der Waals surface area contributed by atoms with Crippen LogP contribution in [0.2, 0.25) is 0 Å². The van der Waals surface area contributed by atoms with Crippen LogP contribution in [0.3, 0.4) is 0 Å². The summed E-state index contributed by atoms with van der Waals surface area (Å²) < 4.78 is 5.68. The van der Waals surface area contributed by atoms with Crippen molar-refractivity contribution in [2.75, 3.05) is 11.4 Å². The second kappa shape index (κ2) is 8.28. The predicted octanol–water partition coefficient (Wildman–Crippen LogP) is 5.17. The lowest BCUT2D eigenvalue weighted by atomic mass is 9.95. The van der Waals surface area contributed by atoms with Crippen LogP contribution < -0.4 is 4.90 Å². The average molecular weight is 362 g/mol. The zero-order chi connectivity index (χ0) is 19.5. The number of hydrogen-bond donors (Lipinski definition) is 0. The van der Waals surface area contributed by atoms with Crippen molar-refractivity contribution in [3.05, 3.63) is 23.9 Å². The minimum absolute atomic E-state index is 0.0160. The smallest absolute Gasteiger partial charge is 0.410 e. The van der Waals surface area contributed by atoms with Crippen molar-refractivity contribution < 1.29 is 9.53 Å². The number of ether oxygens (including phenoxy) is 1. The molecule has 0 saturated carbocycles. The number of nitrogens with zero attached hydrogens (tertiary/aromatic N) is 3. The molecular formula is C21H35N3O2. The summed E-state index contributed by atoms with van der Waals surface area (Å²) in [5, 5.41) is 0. The van der Waals surface area contributed by atoms with Crippen LogP contribution in [0.1, 0.15) is 79.3 Å². The third-order valence-corrected chi connectivity index (χ3v) is 4.66. The molecule has 26 heavy (non-hydrogen) atoms. The van der Waals surface area contributed by atoms with Crippen molar-refractivity contribution in [2.45, 2.75) is 91.5 Å². The molecule has 0 aromatic carbocycles. The topological polar surface area (TPSA) is 45.7 Å². The largest absolute Gasteiger partial charge is 0.444 e. The zero-order valence-corrected chi connectivity index (χ0v) is 17.5. The molecule has 1 aliphatic heterocycles. The summed E-state index contributed by atoms with van der Waals surface area (Å²) in [7, 11) is 0. The molecule has 1 amide bonds. The van der Waals surface area contributed by atoms with E-state index in [1.807, 2.05) is 37.9 Å². The molecule has 1 saturated heterocycles. The molecule has 5 heteroatoms. The lowest BCUT2D eigenvalue weighted by Crippen LogP contribution is -2.43. The number of pyridine rings is 1. The summed E-state index contributed by atoms with van der Waals surface area (Å²) in [6.07, 6.45) is 4.70. The van der Waals surface area contributed by atoms with Gasteiger partial charge in [-0.2, -0.15) is 0 Å². The first-order valence-corrected chi connectivity index (χ1v) is 9.84. The summed E-state index contributed by atoms with van der Waals surface area (Å²) in [5.74, 6) is 0.984. The number of carbonyl (C=O) groups excluding carboxylic acids is 1. The van der Waals surface area contributed by atoms with Gasteiger partial charge in [0, 0.05) is 30.4 Å². The van der Waals surface area contributed by atoms with Crippen LogP contribution in [0.5, 0.6) is 0 Å². The van der Waals surface area contributed by atoms with E-state index in [0.29, 0.717) is 12.1 Å². The van der Waals surface area contributed by atoms with Crippen LogP contribution in [0.25, 0.3) is 0 Å². The molecule has 1 fully saturated rings. The van der Waals surface area contributed by atoms with Crippen LogP contribution in [0.15, 0.2) is 18.3 Å². The number of amides is 1. The second-order valence-corrected chi connectivity index (χ2v) is 8.70. The van der Waals surface area contributed by atoms with Gasteiger partial charge in [-0.05, 0) is 73.8 Å². The Morgan fingerprint density at radius 2 is 1.88 bits per heavy atom. The van der Waals surface area contributed by atoms with Gasteiger partial charge in [0.25, 0.3) is 0 Å². The van der Waals surface area contributed by atoms with E-state index in [1.165, 1.54) is 0 Å². The van der Waals surface area contributed by atoms with Gasteiger partial charge in [-0.25, -0.2) is 9.78 Å². The quantitative estimate of drug-likeness (QED) is 0.742. The third-order valence-electron chi connectivity index (χ3n) is 4.66. The van der Waals surface area contributed by atoms with Gasteiger partial charge < -0.3 is 14.5 Å². The molecule has 0 radical (unpaired) electrons. The van der Waals surface area contributed by atoms with Gasteiger partial charge in [0.1, 0.15) is 11.4 Å².